The molecular weight excluding hydrogens is 240 g/mol. The highest BCUT2D eigenvalue weighted by molar-refractivity contribution is 9.10. The first kappa shape index (κ1) is 9.78. The van der Waals surface area contributed by atoms with Crippen molar-refractivity contribution in [3.8, 4) is 5.75 Å². The Labute approximate surface area is 92.9 Å². The van der Waals surface area contributed by atoms with E-state index in [-0.39, 0.29) is 0 Å². The minimum Gasteiger partial charge on any atom is -0.493 e. The summed E-state index contributed by atoms with van der Waals surface area (Å²) in [4.78, 5) is 0. The van der Waals surface area contributed by atoms with E-state index in [1.807, 2.05) is 12.1 Å². The summed E-state index contributed by atoms with van der Waals surface area (Å²) in [5.74, 6) is 1.47. The zero-order chi connectivity index (χ0) is 10.1. The van der Waals surface area contributed by atoms with Crippen LogP contribution in [0.2, 0.25) is 0 Å². The lowest BCUT2D eigenvalue weighted by atomic mass is 9.92. The van der Waals surface area contributed by atoms with Gasteiger partial charge in [-0.05, 0) is 25.5 Å². The molecule has 1 aliphatic rings. The summed E-state index contributed by atoms with van der Waals surface area (Å²) in [6.07, 6.45) is 1.03. The smallest absolute Gasteiger partial charge is 0.123 e. The second-order valence-electron chi connectivity index (χ2n) is 3.77. The summed E-state index contributed by atoms with van der Waals surface area (Å²) >= 11 is 3.55. The van der Waals surface area contributed by atoms with Gasteiger partial charge in [0.25, 0.3) is 0 Å². The van der Waals surface area contributed by atoms with Crippen molar-refractivity contribution in [3.63, 3.8) is 0 Å². The van der Waals surface area contributed by atoms with Gasteiger partial charge in [-0.2, -0.15) is 0 Å². The Morgan fingerprint density at radius 2 is 2.36 bits per heavy atom. The highest BCUT2D eigenvalue weighted by atomic mass is 79.9. The first-order chi connectivity index (χ1) is 6.68. The van der Waals surface area contributed by atoms with Crippen LogP contribution in [0.25, 0.3) is 0 Å². The number of benzene rings is 1. The van der Waals surface area contributed by atoms with Crippen LogP contribution in [0.4, 0.5) is 0 Å². The SMILES string of the molecule is C=C(C)C1COc2cccc(Br)c2C1. The van der Waals surface area contributed by atoms with Crippen molar-refractivity contribution in [2.45, 2.75) is 13.3 Å². The Bertz CT molecular complexity index is 371. The zero-order valence-electron chi connectivity index (χ0n) is 8.22. The van der Waals surface area contributed by atoms with Crippen LogP contribution in [-0.4, -0.2) is 6.61 Å². The molecular formula is C12H13BrO. The largest absolute Gasteiger partial charge is 0.493 e. The molecule has 0 amide bonds. The second-order valence-corrected chi connectivity index (χ2v) is 4.63. The van der Waals surface area contributed by atoms with E-state index < -0.39 is 0 Å². The molecule has 1 aliphatic heterocycles. The first-order valence-corrected chi connectivity index (χ1v) is 5.53. The fourth-order valence-corrected chi connectivity index (χ4v) is 2.19. The lowest BCUT2D eigenvalue weighted by molar-refractivity contribution is 0.242. The molecule has 0 radical (unpaired) electrons. The molecule has 2 rings (SSSR count). The molecule has 0 fully saturated rings. The monoisotopic (exact) mass is 252 g/mol. The van der Waals surface area contributed by atoms with E-state index in [1.165, 1.54) is 11.1 Å². The van der Waals surface area contributed by atoms with Gasteiger partial charge >= 0.3 is 0 Å². The first-order valence-electron chi connectivity index (χ1n) is 4.74. The standard InChI is InChI=1S/C12H13BrO/c1-8(2)9-6-10-11(13)4-3-5-12(10)14-7-9/h3-5,9H,1,6-7H2,2H3. The molecule has 1 atom stereocenters. The van der Waals surface area contributed by atoms with Crippen molar-refractivity contribution in [2.75, 3.05) is 6.61 Å². The summed E-state index contributed by atoms with van der Waals surface area (Å²) in [7, 11) is 0. The number of fused-ring (bicyclic) bond motifs is 1. The molecule has 74 valence electrons. The van der Waals surface area contributed by atoms with Crippen molar-refractivity contribution in [3.05, 3.63) is 40.4 Å². The third-order valence-corrected chi connectivity index (χ3v) is 3.41. The van der Waals surface area contributed by atoms with E-state index in [4.69, 9.17) is 4.74 Å². The Morgan fingerprint density at radius 3 is 3.07 bits per heavy atom. The molecule has 2 heteroatoms. The number of hydrogen-bond acceptors (Lipinski definition) is 1. The van der Waals surface area contributed by atoms with Crippen LogP contribution < -0.4 is 4.74 Å². The van der Waals surface area contributed by atoms with E-state index in [0.29, 0.717) is 5.92 Å². The maximum Gasteiger partial charge on any atom is 0.123 e. The average Bonchev–Trinajstić information content (AvgIpc) is 2.18. The topological polar surface area (TPSA) is 9.23 Å². The van der Waals surface area contributed by atoms with Crippen molar-refractivity contribution in [1.29, 1.82) is 0 Å². The average molecular weight is 253 g/mol. The van der Waals surface area contributed by atoms with Crippen LogP contribution >= 0.6 is 15.9 Å². The van der Waals surface area contributed by atoms with E-state index in [9.17, 15) is 0 Å². The van der Waals surface area contributed by atoms with Crippen LogP contribution in [0.15, 0.2) is 34.8 Å². The molecule has 1 nitrogen and oxygen atoms in total. The Hall–Kier alpha value is -0.760. The quantitative estimate of drug-likeness (QED) is 0.695. The van der Waals surface area contributed by atoms with E-state index in [1.54, 1.807) is 0 Å². The number of hydrogen-bond donors (Lipinski definition) is 0. The number of rotatable bonds is 1. The lowest BCUT2D eigenvalue weighted by Crippen LogP contribution is -2.21. The summed E-state index contributed by atoms with van der Waals surface area (Å²) in [6.45, 7) is 6.81. The summed E-state index contributed by atoms with van der Waals surface area (Å²) in [5, 5.41) is 0. The predicted molar refractivity (Wildman–Crippen MR) is 61.6 cm³/mol. The van der Waals surface area contributed by atoms with Gasteiger partial charge in [-0.15, -0.1) is 0 Å². The van der Waals surface area contributed by atoms with Crippen molar-refractivity contribution in [1.82, 2.24) is 0 Å². The van der Waals surface area contributed by atoms with Gasteiger partial charge in [0.15, 0.2) is 0 Å². The maximum atomic E-state index is 5.69. The highest BCUT2D eigenvalue weighted by Crippen LogP contribution is 2.34. The third kappa shape index (κ3) is 1.71. The summed E-state index contributed by atoms with van der Waals surface area (Å²) in [6, 6.07) is 6.09. The van der Waals surface area contributed by atoms with E-state index >= 15 is 0 Å². The molecule has 1 aromatic rings. The van der Waals surface area contributed by atoms with Gasteiger partial charge in [0, 0.05) is 16.0 Å². The summed E-state index contributed by atoms with van der Waals surface area (Å²) in [5.41, 5.74) is 2.47. The van der Waals surface area contributed by atoms with Gasteiger partial charge in [0.1, 0.15) is 5.75 Å². The molecule has 1 unspecified atom stereocenters. The normalized spacial score (nSPS) is 19.7. The van der Waals surface area contributed by atoms with Crippen molar-refractivity contribution >= 4 is 15.9 Å². The Kier molecular flexibility index (Phi) is 2.64. The van der Waals surface area contributed by atoms with Crippen LogP contribution in [0.1, 0.15) is 12.5 Å². The summed E-state index contributed by atoms with van der Waals surface area (Å²) < 4.78 is 6.83. The Morgan fingerprint density at radius 1 is 1.57 bits per heavy atom. The minimum atomic E-state index is 0.459. The van der Waals surface area contributed by atoms with Crippen LogP contribution in [-0.2, 0) is 6.42 Å². The second kappa shape index (κ2) is 3.77. The minimum absolute atomic E-state index is 0.459. The highest BCUT2D eigenvalue weighted by Gasteiger charge is 2.21. The fraction of sp³-hybridized carbons (Fsp3) is 0.333. The van der Waals surface area contributed by atoms with E-state index in [2.05, 4.69) is 35.5 Å². The van der Waals surface area contributed by atoms with Gasteiger partial charge in [-0.25, -0.2) is 0 Å². The molecule has 0 spiro atoms. The van der Waals surface area contributed by atoms with Gasteiger partial charge in [-0.1, -0.05) is 34.1 Å². The van der Waals surface area contributed by atoms with Crippen LogP contribution in [0, 0.1) is 5.92 Å². The molecule has 0 aromatic heterocycles. The molecule has 0 saturated carbocycles. The molecule has 0 bridgehead atoms. The zero-order valence-corrected chi connectivity index (χ0v) is 9.80. The molecule has 1 heterocycles. The molecule has 0 aliphatic carbocycles. The molecule has 1 aromatic carbocycles. The number of halogens is 1. The lowest BCUT2D eigenvalue weighted by Gasteiger charge is -2.26. The van der Waals surface area contributed by atoms with Crippen molar-refractivity contribution < 1.29 is 4.74 Å². The molecule has 0 saturated heterocycles. The van der Waals surface area contributed by atoms with Gasteiger partial charge in [0.05, 0.1) is 6.61 Å². The van der Waals surface area contributed by atoms with Crippen LogP contribution in [0.5, 0.6) is 5.75 Å². The van der Waals surface area contributed by atoms with E-state index in [0.717, 1.165) is 23.2 Å². The molecule has 0 N–H and O–H groups in total. The maximum absolute atomic E-state index is 5.69. The van der Waals surface area contributed by atoms with Gasteiger partial charge < -0.3 is 4.74 Å². The molecule has 14 heavy (non-hydrogen) atoms. The number of ether oxygens (including phenoxy) is 1. The fourth-order valence-electron chi connectivity index (χ4n) is 1.68. The van der Waals surface area contributed by atoms with Crippen molar-refractivity contribution in [2.24, 2.45) is 5.92 Å². The van der Waals surface area contributed by atoms with Crippen LogP contribution in [0.3, 0.4) is 0 Å². The third-order valence-electron chi connectivity index (χ3n) is 2.66. The Balaban J connectivity index is 2.33. The van der Waals surface area contributed by atoms with Gasteiger partial charge in [0.2, 0.25) is 0 Å². The van der Waals surface area contributed by atoms with Gasteiger partial charge in [-0.3, -0.25) is 0 Å². The predicted octanol–water partition coefficient (Wildman–Crippen LogP) is 3.58.